The summed E-state index contributed by atoms with van der Waals surface area (Å²) in [5.74, 6) is 0. The fourth-order valence-corrected chi connectivity index (χ4v) is 1.75. The van der Waals surface area contributed by atoms with Crippen LogP contribution in [-0.4, -0.2) is 49.8 Å². The Morgan fingerprint density at radius 3 is 2.36 bits per heavy atom. The van der Waals surface area contributed by atoms with Crippen LogP contribution in [0.1, 0.15) is 27.2 Å². The van der Waals surface area contributed by atoms with Gasteiger partial charge in [0.05, 0.1) is 6.61 Å². The maximum atomic E-state index is 8.91. The van der Waals surface area contributed by atoms with Gasteiger partial charge in [0.15, 0.2) is 0 Å². The lowest BCUT2D eigenvalue weighted by atomic mass is 9.87. The third kappa shape index (κ3) is 4.94. The molecule has 3 nitrogen and oxygen atoms in total. The van der Waals surface area contributed by atoms with E-state index in [2.05, 4.69) is 31.0 Å². The van der Waals surface area contributed by atoms with Crippen LogP contribution >= 0.6 is 0 Å². The third-order valence-electron chi connectivity index (χ3n) is 2.93. The summed E-state index contributed by atoms with van der Waals surface area (Å²) in [6.07, 6.45) is 1.16. The van der Waals surface area contributed by atoms with Crippen molar-refractivity contribution in [3.8, 4) is 0 Å². The van der Waals surface area contributed by atoms with Crippen molar-refractivity contribution in [2.45, 2.75) is 27.2 Å². The average molecular weight is 202 g/mol. The van der Waals surface area contributed by atoms with E-state index in [0.717, 1.165) is 32.6 Å². The molecule has 14 heavy (non-hydrogen) atoms. The molecule has 0 aromatic carbocycles. The van der Waals surface area contributed by atoms with Crippen molar-refractivity contribution in [1.82, 2.24) is 10.2 Å². The van der Waals surface area contributed by atoms with Gasteiger partial charge in [-0.25, -0.2) is 0 Å². The number of hydrogen-bond acceptors (Lipinski definition) is 3. The van der Waals surface area contributed by atoms with Crippen molar-refractivity contribution in [3.63, 3.8) is 0 Å². The maximum absolute atomic E-state index is 8.91. The van der Waals surface area contributed by atoms with Gasteiger partial charge >= 0.3 is 0 Å². The van der Waals surface area contributed by atoms with Gasteiger partial charge in [0.1, 0.15) is 0 Å². The molecule has 1 atom stereocenters. The summed E-state index contributed by atoms with van der Waals surface area (Å²) in [5.41, 5.74) is 0.319. The number of hydrogen-bond donors (Lipinski definition) is 2. The SMILES string of the molecule is CCN(CCO)CC(C)(CC)CNC. The normalized spacial score (nSPS) is 15.9. The fraction of sp³-hybridized carbons (Fsp3) is 1.00. The topological polar surface area (TPSA) is 35.5 Å². The average Bonchev–Trinajstić information content (AvgIpc) is 2.17. The van der Waals surface area contributed by atoms with Gasteiger partial charge in [-0.15, -0.1) is 0 Å². The van der Waals surface area contributed by atoms with Gasteiger partial charge in [0.25, 0.3) is 0 Å². The highest BCUT2D eigenvalue weighted by Gasteiger charge is 2.23. The van der Waals surface area contributed by atoms with Gasteiger partial charge in [-0.2, -0.15) is 0 Å². The van der Waals surface area contributed by atoms with Crippen LogP contribution in [0.4, 0.5) is 0 Å². The Kier molecular flexibility index (Phi) is 7.15. The molecule has 0 rings (SSSR count). The van der Waals surface area contributed by atoms with Crippen LogP contribution in [-0.2, 0) is 0 Å². The molecule has 0 bridgehead atoms. The largest absolute Gasteiger partial charge is 0.395 e. The molecule has 1 unspecified atom stereocenters. The highest BCUT2D eigenvalue weighted by atomic mass is 16.3. The lowest BCUT2D eigenvalue weighted by Crippen LogP contribution is -2.42. The van der Waals surface area contributed by atoms with Crippen LogP contribution in [0.2, 0.25) is 0 Å². The van der Waals surface area contributed by atoms with Crippen LogP contribution in [0.15, 0.2) is 0 Å². The Hall–Kier alpha value is -0.120. The zero-order valence-electron chi connectivity index (χ0n) is 10.1. The Morgan fingerprint density at radius 1 is 1.36 bits per heavy atom. The van der Waals surface area contributed by atoms with Gasteiger partial charge in [-0.1, -0.05) is 20.8 Å². The summed E-state index contributed by atoms with van der Waals surface area (Å²) in [6, 6.07) is 0. The summed E-state index contributed by atoms with van der Waals surface area (Å²) in [7, 11) is 2.00. The number of nitrogens with one attached hydrogen (secondary N) is 1. The van der Waals surface area contributed by atoms with Gasteiger partial charge in [-0.05, 0) is 25.4 Å². The van der Waals surface area contributed by atoms with Crippen molar-refractivity contribution in [1.29, 1.82) is 0 Å². The molecule has 0 aromatic rings. The Labute approximate surface area is 88.5 Å². The van der Waals surface area contributed by atoms with E-state index in [1.807, 2.05) is 7.05 Å². The molecule has 0 aliphatic heterocycles. The number of rotatable bonds is 8. The summed E-state index contributed by atoms with van der Waals surface area (Å²) in [4.78, 5) is 2.31. The molecule has 86 valence electrons. The number of aliphatic hydroxyl groups excluding tert-OH is 1. The predicted molar refractivity (Wildman–Crippen MR) is 61.5 cm³/mol. The summed E-state index contributed by atoms with van der Waals surface area (Å²) < 4.78 is 0. The van der Waals surface area contributed by atoms with Crippen LogP contribution in [0.3, 0.4) is 0 Å². The van der Waals surface area contributed by atoms with Crippen molar-refractivity contribution >= 4 is 0 Å². The van der Waals surface area contributed by atoms with Crippen LogP contribution in [0.5, 0.6) is 0 Å². The van der Waals surface area contributed by atoms with Gasteiger partial charge < -0.3 is 15.3 Å². The van der Waals surface area contributed by atoms with Crippen LogP contribution < -0.4 is 5.32 Å². The monoisotopic (exact) mass is 202 g/mol. The van der Waals surface area contributed by atoms with E-state index in [1.54, 1.807) is 0 Å². The first-order valence-electron chi connectivity index (χ1n) is 5.59. The van der Waals surface area contributed by atoms with E-state index in [-0.39, 0.29) is 6.61 Å². The Balaban J connectivity index is 4.11. The minimum Gasteiger partial charge on any atom is -0.395 e. The first-order chi connectivity index (χ1) is 6.61. The van der Waals surface area contributed by atoms with E-state index >= 15 is 0 Å². The quantitative estimate of drug-likeness (QED) is 0.615. The molecule has 0 radical (unpaired) electrons. The van der Waals surface area contributed by atoms with E-state index in [4.69, 9.17) is 5.11 Å². The fourth-order valence-electron chi connectivity index (χ4n) is 1.75. The smallest absolute Gasteiger partial charge is 0.0558 e. The molecule has 0 aromatic heterocycles. The van der Waals surface area contributed by atoms with Crippen molar-refractivity contribution in [3.05, 3.63) is 0 Å². The summed E-state index contributed by atoms with van der Waals surface area (Å²) in [6.45, 7) is 10.8. The zero-order chi connectivity index (χ0) is 11.0. The minimum absolute atomic E-state index is 0.257. The molecular formula is C11H26N2O. The second-order valence-corrected chi connectivity index (χ2v) is 4.29. The van der Waals surface area contributed by atoms with Crippen LogP contribution in [0.25, 0.3) is 0 Å². The molecule has 0 fully saturated rings. The van der Waals surface area contributed by atoms with Gasteiger partial charge in [0.2, 0.25) is 0 Å². The highest BCUT2D eigenvalue weighted by molar-refractivity contribution is 4.78. The highest BCUT2D eigenvalue weighted by Crippen LogP contribution is 2.21. The first kappa shape index (κ1) is 13.9. The molecular weight excluding hydrogens is 176 g/mol. The Morgan fingerprint density at radius 2 is 2.00 bits per heavy atom. The van der Waals surface area contributed by atoms with Crippen molar-refractivity contribution in [2.75, 3.05) is 39.8 Å². The van der Waals surface area contributed by atoms with E-state index < -0.39 is 0 Å². The second-order valence-electron chi connectivity index (χ2n) is 4.29. The molecule has 0 aliphatic carbocycles. The zero-order valence-corrected chi connectivity index (χ0v) is 10.1. The molecule has 2 N–H and O–H groups in total. The summed E-state index contributed by atoms with van der Waals surface area (Å²) in [5, 5.41) is 12.2. The number of nitrogens with zero attached hydrogens (tertiary/aromatic N) is 1. The lowest BCUT2D eigenvalue weighted by Gasteiger charge is -2.34. The molecule has 0 amide bonds. The van der Waals surface area contributed by atoms with E-state index in [9.17, 15) is 0 Å². The summed E-state index contributed by atoms with van der Waals surface area (Å²) >= 11 is 0. The third-order valence-corrected chi connectivity index (χ3v) is 2.93. The van der Waals surface area contributed by atoms with E-state index in [1.165, 1.54) is 0 Å². The molecule has 0 saturated heterocycles. The van der Waals surface area contributed by atoms with E-state index in [0.29, 0.717) is 5.41 Å². The van der Waals surface area contributed by atoms with Gasteiger partial charge in [0, 0.05) is 19.6 Å². The predicted octanol–water partition coefficient (Wildman–Crippen LogP) is 0.936. The van der Waals surface area contributed by atoms with Crippen molar-refractivity contribution in [2.24, 2.45) is 5.41 Å². The number of aliphatic hydroxyl groups is 1. The van der Waals surface area contributed by atoms with Gasteiger partial charge in [-0.3, -0.25) is 0 Å². The van der Waals surface area contributed by atoms with Crippen molar-refractivity contribution < 1.29 is 5.11 Å². The molecule has 0 saturated carbocycles. The molecule has 0 heterocycles. The maximum Gasteiger partial charge on any atom is 0.0558 e. The molecule has 0 aliphatic rings. The van der Waals surface area contributed by atoms with Crippen LogP contribution in [0, 0.1) is 5.41 Å². The first-order valence-corrected chi connectivity index (χ1v) is 5.59. The molecule has 0 spiro atoms. The lowest BCUT2D eigenvalue weighted by molar-refractivity contribution is 0.135. The molecule has 3 heteroatoms. The Bertz CT molecular complexity index is 141. The second kappa shape index (κ2) is 7.21. The standard InChI is InChI=1S/C11H26N2O/c1-5-11(3,9-12-4)10-13(6-2)7-8-14/h12,14H,5-10H2,1-4H3. The number of likely N-dealkylation sites (N-methyl/N-ethyl adjacent to an activating group) is 1. The minimum atomic E-state index is 0.257.